The fourth-order valence-electron chi connectivity index (χ4n) is 2.00. The molecule has 3 amide bonds. The van der Waals surface area contributed by atoms with E-state index in [4.69, 9.17) is 0 Å². The summed E-state index contributed by atoms with van der Waals surface area (Å²) < 4.78 is 1.01. The SMILES string of the molecule is CNC(=O)Nc1ccc(NC(=O)CCc2cccc(Br)c2)cc1. The number of nitrogens with one attached hydrogen (secondary N) is 3. The number of hydrogen-bond acceptors (Lipinski definition) is 2. The molecule has 0 aliphatic rings. The average Bonchev–Trinajstić information content (AvgIpc) is 2.55. The Labute approximate surface area is 143 Å². The second-order valence-electron chi connectivity index (χ2n) is 4.96. The third-order valence-corrected chi connectivity index (χ3v) is 3.68. The first-order chi connectivity index (χ1) is 11.1. The molecule has 2 rings (SSSR count). The Bertz CT molecular complexity index is 686. The number of halogens is 1. The van der Waals surface area contributed by atoms with Crippen LogP contribution >= 0.6 is 15.9 Å². The molecule has 23 heavy (non-hydrogen) atoms. The number of benzene rings is 2. The molecule has 0 bridgehead atoms. The van der Waals surface area contributed by atoms with Crippen LogP contribution in [0.5, 0.6) is 0 Å². The molecule has 0 atom stereocenters. The van der Waals surface area contributed by atoms with E-state index in [1.165, 1.54) is 0 Å². The fourth-order valence-corrected chi connectivity index (χ4v) is 2.45. The molecule has 0 fully saturated rings. The molecular weight excluding hydrogens is 358 g/mol. The number of carbonyl (C=O) groups excluding carboxylic acids is 2. The van der Waals surface area contributed by atoms with Gasteiger partial charge in [0.25, 0.3) is 0 Å². The molecular formula is C17H18BrN3O2. The van der Waals surface area contributed by atoms with Crippen molar-refractivity contribution in [1.29, 1.82) is 0 Å². The zero-order valence-corrected chi connectivity index (χ0v) is 14.3. The minimum atomic E-state index is -0.282. The van der Waals surface area contributed by atoms with Crippen LogP contribution in [0.25, 0.3) is 0 Å². The van der Waals surface area contributed by atoms with Crippen LogP contribution < -0.4 is 16.0 Å². The van der Waals surface area contributed by atoms with Gasteiger partial charge in [-0.15, -0.1) is 0 Å². The number of urea groups is 1. The first-order valence-electron chi connectivity index (χ1n) is 7.20. The van der Waals surface area contributed by atoms with E-state index in [1.54, 1.807) is 31.3 Å². The van der Waals surface area contributed by atoms with Gasteiger partial charge >= 0.3 is 6.03 Å². The van der Waals surface area contributed by atoms with Crippen molar-refractivity contribution in [2.75, 3.05) is 17.7 Å². The van der Waals surface area contributed by atoms with Crippen LogP contribution in [0.1, 0.15) is 12.0 Å². The van der Waals surface area contributed by atoms with Crippen LogP contribution in [0.3, 0.4) is 0 Å². The van der Waals surface area contributed by atoms with E-state index >= 15 is 0 Å². The van der Waals surface area contributed by atoms with Crippen molar-refractivity contribution >= 4 is 39.2 Å². The topological polar surface area (TPSA) is 70.2 Å². The summed E-state index contributed by atoms with van der Waals surface area (Å²) in [6, 6.07) is 14.6. The highest BCUT2D eigenvalue weighted by molar-refractivity contribution is 9.10. The van der Waals surface area contributed by atoms with E-state index in [9.17, 15) is 9.59 Å². The van der Waals surface area contributed by atoms with E-state index in [2.05, 4.69) is 31.9 Å². The fraction of sp³-hybridized carbons (Fsp3) is 0.176. The quantitative estimate of drug-likeness (QED) is 0.744. The molecule has 0 saturated carbocycles. The summed E-state index contributed by atoms with van der Waals surface area (Å²) >= 11 is 3.42. The Kier molecular flexibility index (Phi) is 6.17. The molecule has 120 valence electrons. The van der Waals surface area contributed by atoms with Crippen molar-refractivity contribution in [3.8, 4) is 0 Å². The van der Waals surface area contributed by atoms with Crippen molar-refractivity contribution < 1.29 is 9.59 Å². The first-order valence-corrected chi connectivity index (χ1v) is 7.99. The first kappa shape index (κ1) is 17.0. The lowest BCUT2D eigenvalue weighted by atomic mass is 10.1. The molecule has 0 unspecified atom stereocenters. The minimum absolute atomic E-state index is 0.0445. The van der Waals surface area contributed by atoms with Crippen molar-refractivity contribution in [3.05, 3.63) is 58.6 Å². The molecule has 0 spiro atoms. The van der Waals surface area contributed by atoms with Crippen LogP contribution in [0, 0.1) is 0 Å². The van der Waals surface area contributed by atoms with E-state index in [1.807, 2.05) is 24.3 Å². The van der Waals surface area contributed by atoms with Gasteiger partial charge in [-0.3, -0.25) is 4.79 Å². The van der Waals surface area contributed by atoms with Gasteiger partial charge in [0.15, 0.2) is 0 Å². The van der Waals surface area contributed by atoms with Gasteiger partial charge < -0.3 is 16.0 Å². The van der Waals surface area contributed by atoms with Gasteiger partial charge in [0.05, 0.1) is 0 Å². The number of rotatable bonds is 5. The number of aryl methyl sites for hydroxylation is 1. The number of anilines is 2. The van der Waals surface area contributed by atoms with Crippen LogP contribution in [-0.2, 0) is 11.2 Å². The Balaban J connectivity index is 1.84. The lowest BCUT2D eigenvalue weighted by molar-refractivity contribution is -0.116. The second-order valence-corrected chi connectivity index (χ2v) is 5.88. The maximum Gasteiger partial charge on any atom is 0.318 e. The van der Waals surface area contributed by atoms with Gasteiger partial charge in [-0.2, -0.15) is 0 Å². The van der Waals surface area contributed by atoms with Gasteiger partial charge in [0, 0.05) is 29.3 Å². The molecule has 0 heterocycles. The Morgan fingerprint density at radius 2 is 1.65 bits per heavy atom. The van der Waals surface area contributed by atoms with Gasteiger partial charge in [0.1, 0.15) is 0 Å². The monoisotopic (exact) mass is 375 g/mol. The van der Waals surface area contributed by atoms with Gasteiger partial charge in [-0.05, 0) is 48.4 Å². The van der Waals surface area contributed by atoms with Gasteiger partial charge in [-0.1, -0.05) is 28.1 Å². The molecule has 5 nitrogen and oxygen atoms in total. The van der Waals surface area contributed by atoms with Crippen LogP contribution in [0.2, 0.25) is 0 Å². The smallest absolute Gasteiger partial charge is 0.318 e. The molecule has 3 N–H and O–H groups in total. The second kappa shape index (κ2) is 8.33. The predicted molar refractivity (Wildman–Crippen MR) is 95.6 cm³/mol. The largest absolute Gasteiger partial charge is 0.341 e. The maximum atomic E-state index is 12.0. The molecule has 0 saturated heterocycles. The van der Waals surface area contributed by atoms with E-state index in [-0.39, 0.29) is 11.9 Å². The van der Waals surface area contributed by atoms with Crippen molar-refractivity contribution in [2.45, 2.75) is 12.8 Å². The molecule has 0 aliphatic heterocycles. The standard InChI is InChI=1S/C17H18BrN3O2/c1-19-17(23)21-15-8-6-14(7-9-15)20-16(22)10-5-12-3-2-4-13(18)11-12/h2-4,6-9,11H,5,10H2,1H3,(H,20,22)(H2,19,21,23). The molecule has 0 aromatic heterocycles. The molecule has 0 radical (unpaired) electrons. The third-order valence-electron chi connectivity index (χ3n) is 3.18. The molecule has 6 heteroatoms. The number of carbonyl (C=O) groups is 2. The number of amides is 3. The molecule has 2 aromatic rings. The molecule has 2 aromatic carbocycles. The van der Waals surface area contributed by atoms with E-state index in [0.717, 1.165) is 10.0 Å². The summed E-state index contributed by atoms with van der Waals surface area (Å²) in [5, 5.41) is 7.97. The van der Waals surface area contributed by atoms with E-state index < -0.39 is 0 Å². The lowest BCUT2D eigenvalue weighted by Crippen LogP contribution is -2.24. The number of hydrogen-bond donors (Lipinski definition) is 3. The van der Waals surface area contributed by atoms with Crippen molar-refractivity contribution in [3.63, 3.8) is 0 Å². The highest BCUT2D eigenvalue weighted by atomic mass is 79.9. The van der Waals surface area contributed by atoms with Gasteiger partial charge in [-0.25, -0.2) is 4.79 Å². The highest BCUT2D eigenvalue weighted by Gasteiger charge is 2.04. The minimum Gasteiger partial charge on any atom is -0.341 e. The Morgan fingerprint density at radius 3 is 2.26 bits per heavy atom. The molecule has 0 aliphatic carbocycles. The summed E-state index contributed by atoms with van der Waals surface area (Å²) in [7, 11) is 1.55. The summed E-state index contributed by atoms with van der Waals surface area (Å²) in [4.78, 5) is 23.2. The predicted octanol–water partition coefficient (Wildman–Crippen LogP) is 3.77. The highest BCUT2D eigenvalue weighted by Crippen LogP contribution is 2.15. The van der Waals surface area contributed by atoms with Crippen LogP contribution in [-0.4, -0.2) is 19.0 Å². The lowest BCUT2D eigenvalue weighted by Gasteiger charge is -2.08. The van der Waals surface area contributed by atoms with E-state index in [0.29, 0.717) is 24.2 Å². The zero-order valence-electron chi connectivity index (χ0n) is 12.7. The third kappa shape index (κ3) is 5.75. The average molecular weight is 376 g/mol. The zero-order chi connectivity index (χ0) is 16.7. The summed E-state index contributed by atoms with van der Waals surface area (Å²) in [6.07, 6.45) is 1.09. The summed E-state index contributed by atoms with van der Waals surface area (Å²) in [5.41, 5.74) is 2.47. The van der Waals surface area contributed by atoms with Crippen molar-refractivity contribution in [2.24, 2.45) is 0 Å². The van der Waals surface area contributed by atoms with Crippen LogP contribution in [0.15, 0.2) is 53.0 Å². The Hall–Kier alpha value is -2.34. The Morgan fingerprint density at radius 1 is 1.00 bits per heavy atom. The maximum absolute atomic E-state index is 12.0. The van der Waals surface area contributed by atoms with Gasteiger partial charge in [0.2, 0.25) is 5.91 Å². The summed E-state index contributed by atoms with van der Waals surface area (Å²) in [5.74, 6) is -0.0445. The summed E-state index contributed by atoms with van der Waals surface area (Å²) in [6.45, 7) is 0. The van der Waals surface area contributed by atoms with Crippen LogP contribution in [0.4, 0.5) is 16.2 Å². The van der Waals surface area contributed by atoms with Crippen molar-refractivity contribution in [1.82, 2.24) is 5.32 Å². The normalized spacial score (nSPS) is 10.0.